The van der Waals surface area contributed by atoms with Gasteiger partial charge in [0.25, 0.3) is 0 Å². The fourth-order valence-electron chi connectivity index (χ4n) is 2.37. The first-order chi connectivity index (χ1) is 12.3. The highest BCUT2D eigenvalue weighted by atomic mass is 32.2. The van der Waals surface area contributed by atoms with Crippen molar-refractivity contribution in [3.8, 4) is 0 Å². The lowest BCUT2D eigenvalue weighted by molar-refractivity contribution is 0.193. The largest absolute Gasteiger partial charge is 0.466 e. The van der Waals surface area contributed by atoms with Gasteiger partial charge in [-0.25, -0.2) is 21.9 Å². The molecule has 0 aliphatic carbocycles. The second kappa shape index (κ2) is 7.67. The summed E-state index contributed by atoms with van der Waals surface area (Å²) in [6.07, 6.45) is 0.534. The van der Waals surface area contributed by atoms with Crippen molar-refractivity contribution in [1.29, 1.82) is 0 Å². The van der Waals surface area contributed by atoms with Gasteiger partial charge in [-0.05, 0) is 42.0 Å². The number of hydrogen-bond acceptors (Lipinski definition) is 5. The first-order valence-corrected chi connectivity index (χ1v) is 10.0. The Balaban J connectivity index is 1.63. The molecule has 0 amide bonds. The number of aliphatic hydroxyl groups excluding tert-OH is 1. The number of halogens is 2. The van der Waals surface area contributed by atoms with Crippen LogP contribution in [-0.4, -0.2) is 13.5 Å². The van der Waals surface area contributed by atoms with Crippen LogP contribution in [0.15, 0.2) is 53.1 Å². The molecule has 0 bridgehead atoms. The maximum Gasteiger partial charge on any atom is 0.216 e. The molecule has 0 aliphatic rings. The SMILES string of the molecule is O=S(=O)(Cc1cc(F)cc(F)c1)NCc1ccc(C(O)c2ccco2)s1. The Labute approximate surface area is 153 Å². The van der Waals surface area contributed by atoms with E-state index in [2.05, 4.69) is 4.72 Å². The van der Waals surface area contributed by atoms with Crippen LogP contribution in [0.1, 0.15) is 27.2 Å². The van der Waals surface area contributed by atoms with Crippen LogP contribution in [0.2, 0.25) is 0 Å². The predicted octanol–water partition coefficient (Wildman–Crippen LogP) is 3.32. The van der Waals surface area contributed by atoms with Crippen molar-refractivity contribution >= 4 is 21.4 Å². The lowest BCUT2D eigenvalue weighted by atomic mass is 10.2. The van der Waals surface area contributed by atoms with E-state index in [0.717, 1.165) is 12.1 Å². The number of nitrogens with one attached hydrogen (secondary N) is 1. The van der Waals surface area contributed by atoms with Crippen molar-refractivity contribution in [2.45, 2.75) is 18.4 Å². The van der Waals surface area contributed by atoms with E-state index in [9.17, 15) is 22.3 Å². The molecule has 0 spiro atoms. The van der Waals surface area contributed by atoms with Gasteiger partial charge in [0.05, 0.1) is 12.0 Å². The summed E-state index contributed by atoms with van der Waals surface area (Å²) in [6.45, 7) is 0.00960. The Morgan fingerprint density at radius 1 is 1.15 bits per heavy atom. The number of benzene rings is 1. The van der Waals surface area contributed by atoms with E-state index in [1.807, 2.05) is 0 Å². The van der Waals surface area contributed by atoms with Crippen LogP contribution in [0.4, 0.5) is 8.78 Å². The number of sulfonamides is 1. The monoisotopic (exact) mass is 399 g/mol. The van der Waals surface area contributed by atoms with Crippen LogP contribution in [0.5, 0.6) is 0 Å². The molecule has 0 saturated carbocycles. The Kier molecular flexibility index (Phi) is 5.52. The fourth-order valence-corrected chi connectivity index (χ4v) is 4.49. The second-order valence-corrected chi connectivity index (χ2v) is 8.59. The van der Waals surface area contributed by atoms with Crippen LogP contribution in [-0.2, 0) is 22.3 Å². The number of aliphatic hydroxyl groups is 1. The summed E-state index contributed by atoms with van der Waals surface area (Å²) in [5.41, 5.74) is 0.0233. The Bertz CT molecular complexity index is 964. The molecule has 2 aromatic heterocycles. The minimum absolute atomic E-state index is 0.00960. The van der Waals surface area contributed by atoms with Crippen molar-refractivity contribution in [1.82, 2.24) is 4.72 Å². The molecule has 9 heteroatoms. The number of hydrogen-bond donors (Lipinski definition) is 2. The Morgan fingerprint density at radius 2 is 1.88 bits per heavy atom. The standard InChI is InChI=1S/C17H15F2NO4S2/c18-12-6-11(7-13(19)8-12)10-26(22,23)20-9-14-3-4-16(25-14)17(21)15-2-1-5-24-15/h1-8,17,20-21H,9-10H2. The van der Waals surface area contributed by atoms with Gasteiger partial charge in [-0.3, -0.25) is 0 Å². The van der Waals surface area contributed by atoms with Gasteiger partial charge in [0.1, 0.15) is 23.5 Å². The van der Waals surface area contributed by atoms with Crippen molar-refractivity contribution in [2.75, 3.05) is 0 Å². The molecule has 0 radical (unpaired) electrons. The minimum atomic E-state index is -3.78. The van der Waals surface area contributed by atoms with E-state index in [4.69, 9.17) is 4.42 Å². The number of thiophene rings is 1. The Morgan fingerprint density at radius 3 is 2.54 bits per heavy atom. The topological polar surface area (TPSA) is 79.5 Å². The molecule has 1 unspecified atom stereocenters. The molecule has 0 aliphatic heterocycles. The van der Waals surface area contributed by atoms with Gasteiger partial charge in [-0.2, -0.15) is 0 Å². The molecule has 3 aromatic rings. The summed E-state index contributed by atoms with van der Waals surface area (Å²) in [7, 11) is -3.78. The Hall–Kier alpha value is -2.07. The summed E-state index contributed by atoms with van der Waals surface area (Å²) < 4.78 is 58.1. The third kappa shape index (κ3) is 4.76. The van der Waals surface area contributed by atoms with Crippen LogP contribution in [0.3, 0.4) is 0 Å². The smallest absolute Gasteiger partial charge is 0.216 e. The fraction of sp³-hybridized carbons (Fsp3) is 0.176. The quantitative estimate of drug-likeness (QED) is 0.639. The molecule has 1 atom stereocenters. The van der Waals surface area contributed by atoms with Crippen molar-refractivity contribution < 1.29 is 26.7 Å². The van der Waals surface area contributed by atoms with Gasteiger partial charge in [0.15, 0.2) is 0 Å². The number of rotatable bonds is 7. The maximum absolute atomic E-state index is 13.2. The lowest BCUT2D eigenvalue weighted by Crippen LogP contribution is -2.24. The van der Waals surface area contributed by atoms with Gasteiger partial charge < -0.3 is 9.52 Å². The van der Waals surface area contributed by atoms with Gasteiger partial charge in [-0.15, -0.1) is 11.3 Å². The van der Waals surface area contributed by atoms with E-state index < -0.39 is 33.5 Å². The molecule has 3 rings (SSSR count). The third-order valence-electron chi connectivity index (χ3n) is 3.51. The third-order valence-corrected chi connectivity index (χ3v) is 5.95. The number of furan rings is 1. The van der Waals surface area contributed by atoms with Crippen LogP contribution < -0.4 is 4.72 Å². The van der Waals surface area contributed by atoms with E-state index in [0.29, 0.717) is 21.6 Å². The lowest BCUT2D eigenvalue weighted by Gasteiger charge is -2.07. The van der Waals surface area contributed by atoms with Crippen LogP contribution >= 0.6 is 11.3 Å². The zero-order chi connectivity index (χ0) is 18.7. The molecule has 2 N–H and O–H groups in total. The van der Waals surface area contributed by atoms with Crippen molar-refractivity contribution in [3.63, 3.8) is 0 Å². The maximum atomic E-state index is 13.2. The average molecular weight is 399 g/mol. The summed E-state index contributed by atoms with van der Waals surface area (Å²) in [4.78, 5) is 1.29. The first kappa shape index (κ1) is 18.7. The van der Waals surface area contributed by atoms with E-state index in [1.54, 1.807) is 24.3 Å². The molecule has 0 fully saturated rings. The van der Waals surface area contributed by atoms with E-state index in [-0.39, 0.29) is 12.1 Å². The molecule has 0 saturated heterocycles. The van der Waals surface area contributed by atoms with Crippen molar-refractivity contribution in [2.24, 2.45) is 0 Å². The van der Waals surface area contributed by atoms with E-state index >= 15 is 0 Å². The van der Waals surface area contributed by atoms with Gasteiger partial charge >= 0.3 is 0 Å². The molecule has 1 aromatic carbocycles. The molecule has 138 valence electrons. The summed E-state index contributed by atoms with van der Waals surface area (Å²) in [5, 5.41) is 10.2. The predicted molar refractivity (Wildman–Crippen MR) is 92.9 cm³/mol. The van der Waals surface area contributed by atoms with Gasteiger partial charge in [0.2, 0.25) is 10.0 Å². The van der Waals surface area contributed by atoms with Crippen molar-refractivity contribution in [3.05, 3.63) is 81.4 Å². The van der Waals surface area contributed by atoms with Gasteiger partial charge in [0, 0.05) is 22.4 Å². The summed E-state index contributed by atoms with van der Waals surface area (Å²) >= 11 is 1.23. The molecule has 5 nitrogen and oxygen atoms in total. The van der Waals surface area contributed by atoms with E-state index in [1.165, 1.54) is 17.6 Å². The highest BCUT2D eigenvalue weighted by Crippen LogP contribution is 2.28. The average Bonchev–Trinajstić information content (AvgIpc) is 3.23. The second-order valence-electron chi connectivity index (χ2n) is 5.58. The normalized spacial score (nSPS) is 13.0. The zero-order valence-corrected chi connectivity index (χ0v) is 15.0. The van der Waals surface area contributed by atoms with Crippen LogP contribution in [0, 0.1) is 11.6 Å². The molecule has 2 heterocycles. The first-order valence-electron chi connectivity index (χ1n) is 7.55. The molecule has 26 heavy (non-hydrogen) atoms. The minimum Gasteiger partial charge on any atom is -0.466 e. The highest BCUT2D eigenvalue weighted by molar-refractivity contribution is 7.88. The van der Waals surface area contributed by atoms with Crippen LogP contribution in [0.25, 0.3) is 0 Å². The molecular weight excluding hydrogens is 384 g/mol. The highest BCUT2D eigenvalue weighted by Gasteiger charge is 2.17. The van der Waals surface area contributed by atoms with Gasteiger partial charge in [-0.1, -0.05) is 0 Å². The summed E-state index contributed by atoms with van der Waals surface area (Å²) in [6, 6.07) is 9.32. The summed E-state index contributed by atoms with van der Waals surface area (Å²) in [5.74, 6) is -1.79. The zero-order valence-electron chi connectivity index (χ0n) is 13.4. The molecular formula is C17H15F2NO4S2.